The molecule has 0 aromatic heterocycles. The number of carbonyl (C=O) groups is 2. The predicted molar refractivity (Wildman–Crippen MR) is 82.5 cm³/mol. The van der Waals surface area contributed by atoms with Crippen LogP contribution in [0.15, 0.2) is 12.2 Å². The van der Waals surface area contributed by atoms with Gasteiger partial charge < -0.3 is 18.9 Å². The minimum atomic E-state index is -0.582. The summed E-state index contributed by atoms with van der Waals surface area (Å²) in [6.45, 7) is 8.04. The topological polar surface area (TPSA) is 71.1 Å². The van der Waals surface area contributed by atoms with Crippen molar-refractivity contribution in [2.45, 2.75) is 51.7 Å². The molecule has 0 heterocycles. The van der Waals surface area contributed by atoms with Gasteiger partial charge in [0.2, 0.25) is 0 Å². The van der Waals surface area contributed by atoms with Crippen LogP contribution in [0.4, 0.5) is 0 Å². The molecule has 0 saturated carbocycles. The van der Waals surface area contributed by atoms with Crippen LogP contribution in [0.5, 0.6) is 0 Å². The molecule has 0 saturated heterocycles. The molecule has 0 aromatic rings. The van der Waals surface area contributed by atoms with E-state index in [0.717, 1.165) is 12.2 Å². The van der Waals surface area contributed by atoms with Crippen LogP contribution >= 0.6 is 0 Å². The van der Waals surface area contributed by atoms with E-state index in [4.69, 9.17) is 18.9 Å². The molecule has 0 atom stereocenters. The van der Waals surface area contributed by atoms with Crippen LogP contribution in [0.1, 0.15) is 40.5 Å². The van der Waals surface area contributed by atoms with Gasteiger partial charge in [-0.3, -0.25) is 0 Å². The molecule has 0 aliphatic heterocycles. The van der Waals surface area contributed by atoms with Gasteiger partial charge >= 0.3 is 11.9 Å². The zero-order valence-electron chi connectivity index (χ0n) is 14.4. The molecule has 0 bridgehead atoms. The Morgan fingerprint density at radius 3 is 1.36 bits per heavy atom. The molecule has 0 rings (SSSR count). The van der Waals surface area contributed by atoms with Gasteiger partial charge in [0, 0.05) is 39.2 Å². The van der Waals surface area contributed by atoms with E-state index >= 15 is 0 Å². The van der Waals surface area contributed by atoms with Crippen LogP contribution in [0, 0.1) is 0 Å². The Hall–Kier alpha value is -1.40. The van der Waals surface area contributed by atoms with E-state index in [9.17, 15) is 9.59 Å². The summed E-state index contributed by atoms with van der Waals surface area (Å²) in [6.07, 6.45) is 3.26. The molecule has 6 heteroatoms. The smallest absolute Gasteiger partial charge is 0.331 e. The van der Waals surface area contributed by atoms with Gasteiger partial charge in [-0.05, 0) is 27.7 Å². The summed E-state index contributed by atoms with van der Waals surface area (Å²) in [7, 11) is 3.20. The summed E-state index contributed by atoms with van der Waals surface area (Å²) in [5.41, 5.74) is -0.700. The maximum absolute atomic E-state index is 11.4. The zero-order chi connectivity index (χ0) is 17.2. The van der Waals surface area contributed by atoms with Crippen molar-refractivity contribution >= 4 is 11.9 Å². The molecule has 0 spiro atoms. The number of methoxy groups -OCH3 is 2. The first-order valence-electron chi connectivity index (χ1n) is 7.24. The first-order chi connectivity index (χ1) is 10.1. The lowest BCUT2D eigenvalue weighted by Crippen LogP contribution is -2.25. The Labute approximate surface area is 132 Å². The minimum Gasteiger partial charge on any atom is -0.462 e. The highest BCUT2D eigenvalue weighted by molar-refractivity contribution is 5.91. The highest BCUT2D eigenvalue weighted by atomic mass is 16.5. The second-order valence-corrected chi connectivity index (χ2v) is 6.10. The molecule has 0 aliphatic rings. The number of hydrogen-bond donors (Lipinski definition) is 0. The molecule has 0 N–H and O–H groups in total. The molecule has 128 valence electrons. The Balaban J connectivity index is 3.95. The first kappa shape index (κ1) is 20.6. The summed E-state index contributed by atoms with van der Waals surface area (Å²) < 4.78 is 20.4. The molecule has 0 unspecified atom stereocenters. The van der Waals surface area contributed by atoms with Crippen LogP contribution in [0.2, 0.25) is 0 Å². The van der Waals surface area contributed by atoms with Crippen LogP contribution < -0.4 is 0 Å². The first-order valence-corrected chi connectivity index (χ1v) is 7.24. The summed E-state index contributed by atoms with van der Waals surface area (Å²) >= 11 is 0. The maximum atomic E-state index is 11.4. The normalized spacial score (nSPS) is 12.5. The van der Waals surface area contributed by atoms with Crippen molar-refractivity contribution < 1.29 is 28.5 Å². The summed E-state index contributed by atoms with van der Waals surface area (Å²) in [6, 6.07) is 0. The fourth-order valence-corrected chi connectivity index (χ4v) is 1.23. The monoisotopic (exact) mass is 316 g/mol. The van der Waals surface area contributed by atoms with Crippen molar-refractivity contribution in [3.05, 3.63) is 12.2 Å². The van der Waals surface area contributed by atoms with Crippen LogP contribution in [0.25, 0.3) is 0 Å². The lowest BCUT2D eigenvalue weighted by Gasteiger charge is -2.22. The van der Waals surface area contributed by atoms with Crippen LogP contribution in [-0.2, 0) is 28.5 Å². The highest BCUT2D eigenvalue weighted by Gasteiger charge is 2.17. The van der Waals surface area contributed by atoms with Gasteiger partial charge in [-0.1, -0.05) is 0 Å². The van der Waals surface area contributed by atoms with E-state index in [-0.39, 0.29) is 24.4 Å². The second-order valence-electron chi connectivity index (χ2n) is 6.10. The largest absolute Gasteiger partial charge is 0.462 e. The van der Waals surface area contributed by atoms with Gasteiger partial charge in [-0.2, -0.15) is 0 Å². The average Bonchev–Trinajstić information content (AvgIpc) is 2.45. The third-order valence-electron chi connectivity index (χ3n) is 3.36. The SMILES string of the molecule is COC(C)(C)CCOC(=O)/C=C\C(=O)OCCC(C)(C)OC. The van der Waals surface area contributed by atoms with Gasteiger partial charge in [0.25, 0.3) is 0 Å². The van der Waals surface area contributed by atoms with Crippen molar-refractivity contribution in [2.75, 3.05) is 27.4 Å². The summed E-state index contributed by atoms with van der Waals surface area (Å²) in [4.78, 5) is 22.8. The Bertz CT molecular complexity index is 348. The molecule has 0 amide bonds. The van der Waals surface area contributed by atoms with Crippen molar-refractivity contribution in [3.8, 4) is 0 Å². The lowest BCUT2D eigenvalue weighted by molar-refractivity contribution is -0.142. The highest BCUT2D eigenvalue weighted by Crippen LogP contribution is 2.13. The van der Waals surface area contributed by atoms with E-state index in [2.05, 4.69) is 0 Å². The van der Waals surface area contributed by atoms with E-state index in [1.54, 1.807) is 14.2 Å². The van der Waals surface area contributed by atoms with E-state index in [1.807, 2.05) is 27.7 Å². The summed E-state index contributed by atoms with van der Waals surface area (Å²) in [5.74, 6) is -1.16. The lowest BCUT2D eigenvalue weighted by atomic mass is 10.1. The minimum absolute atomic E-state index is 0.223. The van der Waals surface area contributed by atoms with Crippen molar-refractivity contribution in [1.82, 2.24) is 0 Å². The van der Waals surface area contributed by atoms with Gasteiger partial charge in [0.1, 0.15) is 0 Å². The molecular formula is C16H28O6. The molecule has 0 radical (unpaired) electrons. The van der Waals surface area contributed by atoms with Crippen LogP contribution in [0.3, 0.4) is 0 Å². The molecule has 0 fully saturated rings. The zero-order valence-corrected chi connectivity index (χ0v) is 14.4. The Kier molecular flexibility index (Phi) is 8.97. The van der Waals surface area contributed by atoms with Gasteiger partial charge in [0.05, 0.1) is 24.4 Å². The number of hydrogen-bond acceptors (Lipinski definition) is 6. The fourth-order valence-electron chi connectivity index (χ4n) is 1.23. The second kappa shape index (κ2) is 9.58. The Morgan fingerprint density at radius 1 is 0.773 bits per heavy atom. The van der Waals surface area contributed by atoms with Gasteiger partial charge in [-0.15, -0.1) is 0 Å². The van der Waals surface area contributed by atoms with Crippen LogP contribution in [-0.4, -0.2) is 50.6 Å². The average molecular weight is 316 g/mol. The Morgan fingerprint density at radius 2 is 1.09 bits per heavy atom. The molecule has 0 aromatic carbocycles. The number of esters is 2. The third kappa shape index (κ3) is 10.3. The van der Waals surface area contributed by atoms with E-state index in [0.29, 0.717) is 12.8 Å². The maximum Gasteiger partial charge on any atom is 0.331 e. The van der Waals surface area contributed by atoms with Crippen molar-refractivity contribution in [2.24, 2.45) is 0 Å². The van der Waals surface area contributed by atoms with Gasteiger partial charge in [-0.25, -0.2) is 9.59 Å². The van der Waals surface area contributed by atoms with E-state index in [1.165, 1.54) is 0 Å². The quantitative estimate of drug-likeness (QED) is 0.455. The summed E-state index contributed by atoms with van der Waals surface area (Å²) in [5, 5.41) is 0. The standard InChI is InChI=1S/C16H28O6/c1-15(2,19-5)9-11-21-13(17)7-8-14(18)22-12-10-16(3,4)20-6/h7-8H,9-12H2,1-6H3/b8-7-. The number of rotatable bonds is 10. The number of ether oxygens (including phenoxy) is 4. The predicted octanol–water partition coefficient (Wildman–Crippen LogP) is 2.26. The molecule has 22 heavy (non-hydrogen) atoms. The van der Waals surface area contributed by atoms with E-state index < -0.39 is 11.9 Å². The van der Waals surface area contributed by atoms with Crippen molar-refractivity contribution in [1.29, 1.82) is 0 Å². The molecule has 6 nitrogen and oxygen atoms in total. The molecule has 0 aliphatic carbocycles. The fraction of sp³-hybridized carbons (Fsp3) is 0.750. The molecular weight excluding hydrogens is 288 g/mol. The van der Waals surface area contributed by atoms with Crippen molar-refractivity contribution in [3.63, 3.8) is 0 Å². The third-order valence-corrected chi connectivity index (χ3v) is 3.36. The number of carbonyl (C=O) groups excluding carboxylic acids is 2. The van der Waals surface area contributed by atoms with Gasteiger partial charge in [0.15, 0.2) is 0 Å².